The molecule has 0 aliphatic heterocycles. The highest BCUT2D eigenvalue weighted by atomic mass is 16.5. The van der Waals surface area contributed by atoms with E-state index in [2.05, 4.69) is 27.5 Å². The number of carbonyl (C=O) groups is 1. The summed E-state index contributed by atoms with van der Waals surface area (Å²) >= 11 is 0. The third kappa shape index (κ3) is 6.40. The van der Waals surface area contributed by atoms with Gasteiger partial charge in [-0.2, -0.15) is 4.98 Å². The standard InChI is InChI=1S/C14H25N5O2/c1-5-6-16-14-17-11(2)9-12(18-14)19(3)10-13(20)15-7-8-21-4/h9H,5-8,10H2,1-4H3,(H,15,20)(H,16,17,18). The second-order valence-corrected chi connectivity index (χ2v) is 4.82. The molecule has 0 aliphatic carbocycles. The lowest BCUT2D eigenvalue weighted by Gasteiger charge is -2.19. The summed E-state index contributed by atoms with van der Waals surface area (Å²) in [5.74, 6) is 1.26. The Kier molecular flexibility index (Phi) is 7.45. The van der Waals surface area contributed by atoms with Crippen LogP contribution in [0.15, 0.2) is 6.07 Å². The largest absolute Gasteiger partial charge is 0.383 e. The molecule has 0 aromatic carbocycles. The van der Waals surface area contributed by atoms with Crippen LogP contribution in [0.2, 0.25) is 0 Å². The van der Waals surface area contributed by atoms with E-state index in [9.17, 15) is 4.79 Å². The van der Waals surface area contributed by atoms with Crippen molar-refractivity contribution in [3.8, 4) is 0 Å². The maximum Gasteiger partial charge on any atom is 0.239 e. The van der Waals surface area contributed by atoms with Crippen molar-refractivity contribution in [3.63, 3.8) is 0 Å². The SMILES string of the molecule is CCCNc1nc(C)cc(N(C)CC(=O)NCCOC)n1. The predicted molar refractivity (Wildman–Crippen MR) is 83.7 cm³/mol. The van der Waals surface area contributed by atoms with Crippen molar-refractivity contribution in [2.45, 2.75) is 20.3 Å². The molecule has 1 heterocycles. The van der Waals surface area contributed by atoms with Gasteiger partial charge in [0.25, 0.3) is 0 Å². The van der Waals surface area contributed by atoms with Crippen molar-refractivity contribution in [2.24, 2.45) is 0 Å². The Morgan fingerprint density at radius 3 is 2.81 bits per heavy atom. The number of methoxy groups -OCH3 is 1. The van der Waals surface area contributed by atoms with E-state index >= 15 is 0 Å². The first kappa shape index (κ1) is 17.2. The second kappa shape index (κ2) is 9.12. The number of carbonyl (C=O) groups excluding carboxylic acids is 1. The molecule has 1 rings (SSSR count). The smallest absolute Gasteiger partial charge is 0.239 e. The lowest BCUT2D eigenvalue weighted by Crippen LogP contribution is -2.37. The van der Waals surface area contributed by atoms with E-state index in [-0.39, 0.29) is 12.5 Å². The number of amides is 1. The zero-order valence-electron chi connectivity index (χ0n) is 13.3. The van der Waals surface area contributed by atoms with Gasteiger partial charge in [-0.25, -0.2) is 4.98 Å². The fourth-order valence-electron chi connectivity index (χ4n) is 1.71. The molecule has 1 aromatic rings. The molecule has 7 heteroatoms. The summed E-state index contributed by atoms with van der Waals surface area (Å²) in [5.41, 5.74) is 0.866. The van der Waals surface area contributed by atoms with E-state index in [1.807, 2.05) is 20.0 Å². The number of nitrogens with zero attached hydrogens (tertiary/aromatic N) is 3. The number of aryl methyl sites for hydroxylation is 1. The molecule has 0 unspecified atom stereocenters. The summed E-state index contributed by atoms with van der Waals surface area (Å²) in [4.78, 5) is 22.3. The van der Waals surface area contributed by atoms with Gasteiger partial charge in [-0.3, -0.25) is 4.79 Å². The van der Waals surface area contributed by atoms with Gasteiger partial charge >= 0.3 is 0 Å². The number of hydrogen-bond acceptors (Lipinski definition) is 6. The number of ether oxygens (including phenoxy) is 1. The van der Waals surface area contributed by atoms with Crippen LogP contribution in [-0.4, -0.2) is 56.3 Å². The van der Waals surface area contributed by atoms with E-state index in [1.165, 1.54) is 0 Å². The third-order valence-corrected chi connectivity index (χ3v) is 2.77. The first-order chi connectivity index (χ1) is 10.1. The fraction of sp³-hybridized carbons (Fsp3) is 0.643. The van der Waals surface area contributed by atoms with Gasteiger partial charge in [0.15, 0.2) is 0 Å². The van der Waals surface area contributed by atoms with Crippen molar-refractivity contribution in [1.29, 1.82) is 0 Å². The van der Waals surface area contributed by atoms with Gasteiger partial charge in [0.1, 0.15) is 5.82 Å². The Balaban J connectivity index is 2.62. The van der Waals surface area contributed by atoms with Gasteiger partial charge in [-0.1, -0.05) is 6.92 Å². The topological polar surface area (TPSA) is 79.4 Å². The third-order valence-electron chi connectivity index (χ3n) is 2.77. The van der Waals surface area contributed by atoms with E-state index in [4.69, 9.17) is 4.74 Å². The highest BCUT2D eigenvalue weighted by Crippen LogP contribution is 2.13. The zero-order valence-corrected chi connectivity index (χ0v) is 13.3. The molecular formula is C14H25N5O2. The van der Waals surface area contributed by atoms with Gasteiger partial charge in [-0.05, 0) is 13.3 Å². The quantitative estimate of drug-likeness (QED) is 0.656. The van der Waals surface area contributed by atoms with E-state index in [0.717, 1.165) is 24.5 Å². The minimum absolute atomic E-state index is 0.0612. The van der Waals surface area contributed by atoms with Crippen molar-refractivity contribution in [3.05, 3.63) is 11.8 Å². The Hall–Kier alpha value is -1.89. The molecule has 0 radical (unpaired) electrons. The summed E-state index contributed by atoms with van der Waals surface area (Å²) < 4.78 is 4.89. The Morgan fingerprint density at radius 2 is 2.14 bits per heavy atom. The van der Waals surface area contributed by atoms with Crippen LogP contribution in [0.3, 0.4) is 0 Å². The summed E-state index contributed by atoms with van der Waals surface area (Å²) in [5, 5.41) is 5.94. The molecule has 0 atom stereocenters. The average Bonchev–Trinajstić information content (AvgIpc) is 2.44. The second-order valence-electron chi connectivity index (χ2n) is 4.82. The van der Waals surface area contributed by atoms with Gasteiger partial charge in [0, 0.05) is 39.0 Å². The number of nitrogens with one attached hydrogen (secondary N) is 2. The van der Waals surface area contributed by atoms with E-state index in [1.54, 1.807) is 12.0 Å². The molecule has 0 spiro atoms. The van der Waals surface area contributed by atoms with Crippen LogP contribution >= 0.6 is 0 Å². The highest BCUT2D eigenvalue weighted by Gasteiger charge is 2.10. The summed E-state index contributed by atoms with van der Waals surface area (Å²) in [6, 6.07) is 1.86. The van der Waals surface area contributed by atoms with Crippen LogP contribution in [0, 0.1) is 6.92 Å². The van der Waals surface area contributed by atoms with Crippen LogP contribution < -0.4 is 15.5 Å². The average molecular weight is 295 g/mol. The minimum atomic E-state index is -0.0612. The summed E-state index contributed by atoms with van der Waals surface area (Å²) in [6.45, 7) is 6.08. The van der Waals surface area contributed by atoms with E-state index in [0.29, 0.717) is 19.1 Å². The molecular weight excluding hydrogens is 270 g/mol. The van der Waals surface area contributed by atoms with Gasteiger partial charge in [0.05, 0.1) is 13.2 Å². The normalized spacial score (nSPS) is 10.3. The zero-order chi connectivity index (χ0) is 15.7. The molecule has 1 aromatic heterocycles. The first-order valence-electron chi connectivity index (χ1n) is 7.13. The fourth-order valence-corrected chi connectivity index (χ4v) is 1.71. The van der Waals surface area contributed by atoms with Crippen LogP contribution in [0.4, 0.5) is 11.8 Å². The van der Waals surface area contributed by atoms with Crippen LogP contribution in [0.25, 0.3) is 0 Å². The molecule has 0 fully saturated rings. The number of hydrogen-bond donors (Lipinski definition) is 2. The monoisotopic (exact) mass is 295 g/mol. The van der Waals surface area contributed by atoms with Crippen LogP contribution in [0.5, 0.6) is 0 Å². The number of aromatic nitrogens is 2. The Bertz CT molecular complexity index is 453. The Labute approximate surface area is 126 Å². The maximum atomic E-state index is 11.8. The van der Waals surface area contributed by atoms with Crippen LogP contribution in [0.1, 0.15) is 19.0 Å². The molecule has 0 aliphatic rings. The number of likely N-dealkylation sites (N-methyl/N-ethyl adjacent to an activating group) is 1. The van der Waals surface area contributed by atoms with Gasteiger partial charge in [0.2, 0.25) is 11.9 Å². The summed E-state index contributed by atoms with van der Waals surface area (Å²) in [7, 11) is 3.44. The Morgan fingerprint density at radius 1 is 1.38 bits per heavy atom. The molecule has 7 nitrogen and oxygen atoms in total. The molecule has 0 saturated carbocycles. The lowest BCUT2D eigenvalue weighted by molar-refractivity contribution is -0.119. The molecule has 2 N–H and O–H groups in total. The predicted octanol–water partition coefficient (Wildman–Crippen LogP) is 0.806. The van der Waals surface area contributed by atoms with Gasteiger partial charge in [-0.15, -0.1) is 0 Å². The molecule has 21 heavy (non-hydrogen) atoms. The van der Waals surface area contributed by atoms with Crippen LogP contribution in [-0.2, 0) is 9.53 Å². The first-order valence-corrected chi connectivity index (χ1v) is 7.13. The number of anilines is 2. The van der Waals surface area contributed by atoms with Crippen molar-refractivity contribution in [1.82, 2.24) is 15.3 Å². The van der Waals surface area contributed by atoms with Crippen molar-refractivity contribution >= 4 is 17.7 Å². The number of rotatable bonds is 9. The molecule has 1 amide bonds. The van der Waals surface area contributed by atoms with Gasteiger partial charge < -0.3 is 20.3 Å². The molecule has 0 bridgehead atoms. The molecule has 0 saturated heterocycles. The maximum absolute atomic E-state index is 11.8. The molecule has 118 valence electrons. The van der Waals surface area contributed by atoms with Crippen molar-refractivity contribution in [2.75, 3.05) is 50.6 Å². The minimum Gasteiger partial charge on any atom is -0.383 e. The summed E-state index contributed by atoms with van der Waals surface area (Å²) in [6.07, 6.45) is 1.00. The van der Waals surface area contributed by atoms with E-state index < -0.39 is 0 Å². The van der Waals surface area contributed by atoms with Crippen molar-refractivity contribution < 1.29 is 9.53 Å². The lowest BCUT2D eigenvalue weighted by atomic mass is 10.4. The highest BCUT2D eigenvalue weighted by molar-refractivity contribution is 5.80.